The molecule has 1 amide bonds. The molecule has 0 saturated carbocycles. The first-order valence-corrected chi connectivity index (χ1v) is 8.76. The molecular formula is C17H17ClN6O. The van der Waals surface area contributed by atoms with Crippen molar-refractivity contribution in [2.75, 3.05) is 0 Å². The smallest absolute Gasteiger partial charge is 0.276 e. The minimum atomic E-state index is -0.0968. The molecule has 25 heavy (non-hydrogen) atoms. The summed E-state index contributed by atoms with van der Waals surface area (Å²) in [5.74, 6) is -0.0968. The Morgan fingerprint density at radius 3 is 2.92 bits per heavy atom. The Morgan fingerprint density at radius 1 is 1.32 bits per heavy atom. The van der Waals surface area contributed by atoms with E-state index in [-0.39, 0.29) is 18.0 Å². The highest BCUT2D eigenvalue weighted by atomic mass is 35.5. The summed E-state index contributed by atoms with van der Waals surface area (Å²) >= 11 is 6.20. The second-order valence-corrected chi connectivity index (χ2v) is 7.29. The second kappa shape index (κ2) is 5.05. The Hall–Kier alpha value is -2.41. The Labute approximate surface area is 149 Å². The number of nitrogens with zero attached hydrogens (tertiary/aromatic N) is 6. The first-order chi connectivity index (χ1) is 12.0. The van der Waals surface area contributed by atoms with Gasteiger partial charge < -0.3 is 4.90 Å². The molecule has 8 heteroatoms. The number of fused-ring (bicyclic) bond motifs is 6. The minimum Gasteiger partial charge on any atom is -0.327 e. The molecule has 128 valence electrons. The maximum absolute atomic E-state index is 13.1. The predicted octanol–water partition coefficient (Wildman–Crippen LogP) is 2.33. The number of rotatable bonds is 1. The van der Waals surface area contributed by atoms with Crippen molar-refractivity contribution < 1.29 is 4.79 Å². The van der Waals surface area contributed by atoms with Gasteiger partial charge in [-0.25, -0.2) is 9.50 Å². The first kappa shape index (κ1) is 14.9. The summed E-state index contributed by atoms with van der Waals surface area (Å²) in [7, 11) is 1.77. The van der Waals surface area contributed by atoms with Crippen LogP contribution in [0.25, 0.3) is 5.65 Å². The molecule has 1 fully saturated rings. The van der Waals surface area contributed by atoms with Crippen molar-refractivity contribution in [1.82, 2.24) is 29.3 Å². The lowest BCUT2D eigenvalue weighted by Crippen LogP contribution is -2.43. The van der Waals surface area contributed by atoms with Crippen LogP contribution < -0.4 is 0 Å². The fraction of sp³-hybridized carbons (Fsp3) is 0.412. The lowest BCUT2D eigenvalue weighted by atomic mass is 9.98. The van der Waals surface area contributed by atoms with Crippen LogP contribution in [-0.4, -0.2) is 41.2 Å². The van der Waals surface area contributed by atoms with Gasteiger partial charge in [0, 0.05) is 43.5 Å². The summed E-state index contributed by atoms with van der Waals surface area (Å²) in [4.78, 5) is 19.6. The van der Waals surface area contributed by atoms with E-state index in [1.54, 1.807) is 17.9 Å². The number of amides is 1. The molecule has 5 heterocycles. The van der Waals surface area contributed by atoms with E-state index in [1.807, 2.05) is 28.6 Å². The molecule has 0 aromatic carbocycles. The van der Waals surface area contributed by atoms with Gasteiger partial charge in [0.15, 0.2) is 11.3 Å². The van der Waals surface area contributed by atoms with Crippen LogP contribution in [0.5, 0.6) is 0 Å². The Bertz CT molecular complexity index is 1020. The largest absolute Gasteiger partial charge is 0.327 e. The molecule has 0 spiro atoms. The molecule has 3 aromatic heterocycles. The average Bonchev–Trinajstić information content (AvgIpc) is 3.21. The van der Waals surface area contributed by atoms with Gasteiger partial charge >= 0.3 is 0 Å². The number of carbonyl (C=O) groups excluding carboxylic acids is 1. The van der Waals surface area contributed by atoms with E-state index in [9.17, 15) is 4.79 Å². The van der Waals surface area contributed by atoms with Gasteiger partial charge in [-0.2, -0.15) is 10.2 Å². The number of hydrogen-bond donors (Lipinski definition) is 0. The highest BCUT2D eigenvalue weighted by molar-refractivity contribution is 6.33. The average molecular weight is 357 g/mol. The normalized spacial score (nSPS) is 21.8. The van der Waals surface area contributed by atoms with Gasteiger partial charge in [0.05, 0.1) is 22.5 Å². The van der Waals surface area contributed by atoms with E-state index in [1.165, 1.54) is 5.69 Å². The summed E-state index contributed by atoms with van der Waals surface area (Å²) in [6.07, 6.45) is 6.24. The number of aromatic nitrogens is 5. The standard InChI is InChI=1S/C17H17ClN6O/c1-9-5-15-19-7-11-13-4-3-10(6-14(11)24(15)20-9)23(13)17(25)16-12(18)8-22(2)21-16/h5,7-8,10,13H,3-4,6H2,1-2H3. The van der Waals surface area contributed by atoms with Gasteiger partial charge in [-0.05, 0) is 19.8 Å². The van der Waals surface area contributed by atoms with Crippen LogP contribution >= 0.6 is 11.6 Å². The third-order valence-corrected chi connectivity index (χ3v) is 5.53. The molecule has 0 N–H and O–H groups in total. The predicted molar refractivity (Wildman–Crippen MR) is 91.6 cm³/mol. The Kier molecular flexibility index (Phi) is 3.01. The van der Waals surface area contributed by atoms with Crippen molar-refractivity contribution in [3.8, 4) is 0 Å². The topological polar surface area (TPSA) is 68.3 Å². The Balaban J connectivity index is 1.60. The Morgan fingerprint density at radius 2 is 2.16 bits per heavy atom. The van der Waals surface area contributed by atoms with E-state index in [0.717, 1.165) is 36.2 Å². The van der Waals surface area contributed by atoms with E-state index < -0.39 is 0 Å². The molecule has 2 atom stereocenters. The highest BCUT2D eigenvalue weighted by Crippen LogP contribution is 2.44. The fourth-order valence-corrected chi connectivity index (χ4v) is 4.50. The van der Waals surface area contributed by atoms with Gasteiger partial charge in [-0.1, -0.05) is 11.6 Å². The van der Waals surface area contributed by atoms with Gasteiger partial charge in [-0.3, -0.25) is 9.48 Å². The summed E-state index contributed by atoms with van der Waals surface area (Å²) in [6, 6.07) is 2.15. The second-order valence-electron chi connectivity index (χ2n) is 6.88. The number of halogens is 1. The zero-order chi connectivity index (χ0) is 17.3. The molecule has 2 aliphatic rings. The van der Waals surface area contributed by atoms with Crippen LogP contribution in [0.15, 0.2) is 18.5 Å². The van der Waals surface area contributed by atoms with Crippen molar-refractivity contribution in [2.45, 2.75) is 38.3 Å². The molecule has 7 nitrogen and oxygen atoms in total. The van der Waals surface area contributed by atoms with Crippen molar-refractivity contribution in [1.29, 1.82) is 0 Å². The molecule has 0 aliphatic carbocycles. The molecule has 2 aliphatic heterocycles. The summed E-state index contributed by atoms with van der Waals surface area (Å²) in [5, 5.41) is 9.23. The SMILES string of the molecule is Cc1cc2ncc3c(n2n1)CC1CCC3N1C(=O)c1nn(C)cc1Cl. The lowest BCUT2D eigenvalue weighted by molar-refractivity contribution is 0.0636. The van der Waals surface area contributed by atoms with E-state index in [0.29, 0.717) is 10.7 Å². The van der Waals surface area contributed by atoms with Crippen LogP contribution in [0, 0.1) is 6.92 Å². The first-order valence-electron chi connectivity index (χ1n) is 8.39. The number of carbonyl (C=O) groups is 1. The molecule has 2 unspecified atom stereocenters. The fourth-order valence-electron chi connectivity index (χ4n) is 4.24. The maximum atomic E-state index is 13.1. The van der Waals surface area contributed by atoms with Crippen LogP contribution in [-0.2, 0) is 13.5 Å². The van der Waals surface area contributed by atoms with Gasteiger partial charge in [0.2, 0.25) is 0 Å². The zero-order valence-electron chi connectivity index (χ0n) is 14.0. The van der Waals surface area contributed by atoms with Crippen LogP contribution in [0.3, 0.4) is 0 Å². The molecule has 3 aromatic rings. The quantitative estimate of drug-likeness (QED) is 0.671. The minimum absolute atomic E-state index is 0.0146. The van der Waals surface area contributed by atoms with E-state index in [2.05, 4.69) is 15.2 Å². The van der Waals surface area contributed by atoms with Crippen molar-refractivity contribution >= 4 is 23.2 Å². The van der Waals surface area contributed by atoms with E-state index in [4.69, 9.17) is 11.6 Å². The van der Waals surface area contributed by atoms with Crippen molar-refractivity contribution in [3.63, 3.8) is 0 Å². The van der Waals surface area contributed by atoms with Gasteiger partial charge in [-0.15, -0.1) is 0 Å². The van der Waals surface area contributed by atoms with Crippen molar-refractivity contribution in [2.24, 2.45) is 7.05 Å². The third kappa shape index (κ3) is 2.05. The van der Waals surface area contributed by atoms with Gasteiger partial charge in [0.25, 0.3) is 5.91 Å². The van der Waals surface area contributed by atoms with E-state index >= 15 is 0 Å². The van der Waals surface area contributed by atoms with Gasteiger partial charge in [0.1, 0.15) is 0 Å². The molecule has 2 bridgehead atoms. The molecule has 5 rings (SSSR count). The number of aryl methyl sites for hydroxylation is 2. The molecular weight excluding hydrogens is 340 g/mol. The van der Waals surface area contributed by atoms with Crippen LogP contribution in [0.4, 0.5) is 0 Å². The van der Waals surface area contributed by atoms with Crippen LogP contribution in [0.1, 0.15) is 46.3 Å². The number of hydrogen-bond acceptors (Lipinski definition) is 4. The third-order valence-electron chi connectivity index (χ3n) is 5.25. The molecule has 0 radical (unpaired) electrons. The van der Waals surface area contributed by atoms with Crippen LogP contribution in [0.2, 0.25) is 5.02 Å². The monoisotopic (exact) mass is 356 g/mol. The highest BCUT2D eigenvalue weighted by Gasteiger charge is 2.45. The summed E-state index contributed by atoms with van der Waals surface area (Å²) < 4.78 is 3.51. The lowest BCUT2D eigenvalue weighted by Gasteiger charge is -2.35. The summed E-state index contributed by atoms with van der Waals surface area (Å²) in [6.45, 7) is 1.97. The van der Waals surface area contributed by atoms with Crippen molar-refractivity contribution in [3.05, 3.63) is 46.1 Å². The zero-order valence-corrected chi connectivity index (χ0v) is 14.7. The summed E-state index contributed by atoms with van der Waals surface area (Å²) in [5.41, 5.74) is 4.40. The maximum Gasteiger partial charge on any atom is 0.276 e. The molecule has 1 saturated heterocycles.